The summed E-state index contributed by atoms with van der Waals surface area (Å²) < 4.78 is 35.6. The highest BCUT2D eigenvalue weighted by Gasteiger charge is 2.27. The molecule has 1 unspecified atom stereocenters. The Hall–Kier alpha value is -2.09. The molecule has 1 aromatic carbocycles. The molecule has 1 aromatic rings. The Balaban J connectivity index is 2.22. The van der Waals surface area contributed by atoms with Crippen LogP contribution in [0.25, 0.3) is 0 Å². The summed E-state index contributed by atoms with van der Waals surface area (Å²) in [6, 6.07) is 8.80. The van der Waals surface area contributed by atoms with E-state index in [0.29, 0.717) is 5.56 Å². The molecule has 0 aliphatic heterocycles. The van der Waals surface area contributed by atoms with Crippen LogP contribution in [0.4, 0.5) is 13.2 Å². The van der Waals surface area contributed by atoms with Crippen molar-refractivity contribution in [2.75, 3.05) is 13.1 Å². The van der Waals surface area contributed by atoms with Crippen molar-refractivity contribution in [2.24, 2.45) is 0 Å². The first-order valence-corrected chi connectivity index (χ1v) is 6.61. The van der Waals surface area contributed by atoms with Gasteiger partial charge >= 0.3 is 6.18 Å². The van der Waals surface area contributed by atoms with E-state index in [0.717, 1.165) is 0 Å². The predicted molar refractivity (Wildman–Crippen MR) is 72.7 cm³/mol. The minimum Gasteiger partial charge on any atom is -0.388 e. The summed E-state index contributed by atoms with van der Waals surface area (Å²) in [5.41, 5.74) is 0.694. The van der Waals surface area contributed by atoms with E-state index >= 15 is 0 Å². The van der Waals surface area contributed by atoms with Gasteiger partial charge in [0.2, 0.25) is 11.8 Å². The lowest BCUT2D eigenvalue weighted by molar-refractivity contribution is -0.140. The molecular formula is C14H17F3N2O3. The molecule has 0 aliphatic rings. The number of aliphatic hydroxyl groups excluding tert-OH is 1. The third-order valence-corrected chi connectivity index (χ3v) is 2.73. The van der Waals surface area contributed by atoms with Crippen molar-refractivity contribution in [3.8, 4) is 0 Å². The highest BCUT2D eigenvalue weighted by Crippen LogP contribution is 2.15. The van der Waals surface area contributed by atoms with E-state index in [-0.39, 0.29) is 13.0 Å². The molecule has 0 heterocycles. The van der Waals surface area contributed by atoms with Crippen LogP contribution in [-0.4, -0.2) is 36.2 Å². The van der Waals surface area contributed by atoms with Crippen LogP contribution in [0.1, 0.15) is 24.5 Å². The van der Waals surface area contributed by atoms with Gasteiger partial charge in [0.15, 0.2) is 0 Å². The molecular weight excluding hydrogens is 301 g/mol. The highest BCUT2D eigenvalue weighted by atomic mass is 19.4. The second-order valence-electron chi connectivity index (χ2n) is 4.63. The number of rotatable bonds is 7. The third kappa shape index (κ3) is 7.63. The van der Waals surface area contributed by atoms with Gasteiger partial charge in [0, 0.05) is 6.54 Å². The minimum atomic E-state index is -4.51. The first-order valence-electron chi connectivity index (χ1n) is 6.61. The van der Waals surface area contributed by atoms with E-state index in [1.165, 1.54) is 0 Å². The van der Waals surface area contributed by atoms with Crippen LogP contribution in [0.5, 0.6) is 0 Å². The van der Waals surface area contributed by atoms with Crippen LogP contribution in [-0.2, 0) is 9.59 Å². The number of nitrogens with one attached hydrogen (secondary N) is 2. The number of hydrogen-bond donors (Lipinski definition) is 3. The maximum absolute atomic E-state index is 11.9. The lowest BCUT2D eigenvalue weighted by Gasteiger charge is -2.12. The number of hydrogen-bond acceptors (Lipinski definition) is 3. The van der Waals surface area contributed by atoms with Gasteiger partial charge in [-0.25, -0.2) is 0 Å². The smallest absolute Gasteiger partial charge is 0.388 e. The zero-order valence-corrected chi connectivity index (χ0v) is 11.7. The molecule has 0 bridgehead atoms. The van der Waals surface area contributed by atoms with Crippen molar-refractivity contribution in [3.63, 3.8) is 0 Å². The molecule has 1 atom stereocenters. The number of carbonyl (C=O) groups excluding carboxylic acids is 2. The molecule has 0 aromatic heterocycles. The first-order chi connectivity index (χ1) is 10.3. The fourth-order valence-corrected chi connectivity index (χ4v) is 1.66. The SMILES string of the molecule is O=C(CC(=O)NCC(F)(F)F)NCCC(O)c1ccccc1. The maximum Gasteiger partial charge on any atom is 0.405 e. The molecule has 0 radical (unpaired) electrons. The zero-order valence-electron chi connectivity index (χ0n) is 11.7. The monoisotopic (exact) mass is 318 g/mol. The average Bonchev–Trinajstić information content (AvgIpc) is 2.45. The Labute approximate surface area is 125 Å². The van der Waals surface area contributed by atoms with Crippen LogP contribution in [0.2, 0.25) is 0 Å². The molecule has 0 spiro atoms. The second-order valence-corrected chi connectivity index (χ2v) is 4.63. The van der Waals surface area contributed by atoms with E-state index in [1.807, 2.05) is 0 Å². The van der Waals surface area contributed by atoms with E-state index in [9.17, 15) is 27.9 Å². The molecule has 0 aliphatic carbocycles. The van der Waals surface area contributed by atoms with E-state index < -0.39 is 37.1 Å². The first kappa shape index (κ1) is 18.0. The summed E-state index contributed by atoms with van der Waals surface area (Å²) in [6.07, 6.45) is -5.72. The summed E-state index contributed by atoms with van der Waals surface area (Å²) in [4.78, 5) is 22.5. The quantitative estimate of drug-likeness (QED) is 0.663. The molecule has 122 valence electrons. The summed E-state index contributed by atoms with van der Waals surface area (Å²) in [7, 11) is 0. The third-order valence-electron chi connectivity index (χ3n) is 2.73. The normalized spacial score (nSPS) is 12.5. The van der Waals surface area contributed by atoms with E-state index in [4.69, 9.17) is 0 Å². The average molecular weight is 318 g/mol. The van der Waals surface area contributed by atoms with Gasteiger partial charge in [-0.2, -0.15) is 13.2 Å². The van der Waals surface area contributed by atoms with Gasteiger partial charge in [0.05, 0.1) is 6.10 Å². The molecule has 22 heavy (non-hydrogen) atoms. The Kier molecular flexibility index (Phi) is 6.84. The highest BCUT2D eigenvalue weighted by molar-refractivity contribution is 5.96. The number of amides is 2. The minimum absolute atomic E-state index is 0.113. The van der Waals surface area contributed by atoms with Crippen molar-refractivity contribution < 1.29 is 27.9 Å². The van der Waals surface area contributed by atoms with Crippen LogP contribution in [0, 0.1) is 0 Å². The van der Waals surface area contributed by atoms with Crippen LogP contribution in [0.3, 0.4) is 0 Å². The fraction of sp³-hybridized carbons (Fsp3) is 0.429. The van der Waals surface area contributed by atoms with Gasteiger partial charge in [0.25, 0.3) is 0 Å². The Bertz CT molecular complexity index is 492. The molecule has 8 heteroatoms. The molecule has 5 nitrogen and oxygen atoms in total. The largest absolute Gasteiger partial charge is 0.405 e. The molecule has 0 saturated heterocycles. The van der Waals surface area contributed by atoms with Gasteiger partial charge in [-0.15, -0.1) is 0 Å². The Morgan fingerprint density at radius 3 is 2.27 bits per heavy atom. The Morgan fingerprint density at radius 2 is 1.68 bits per heavy atom. The Morgan fingerprint density at radius 1 is 1.09 bits per heavy atom. The predicted octanol–water partition coefficient (Wildman–Crippen LogP) is 1.29. The summed E-state index contributed by atoms with van der Waals surface area (Å²) in [6.45, 7) is -1.35. The van der Waals surface area contributed by atoms with Crippen LogP contribution >= 0.6 is 0 Å². The van der Waals surface area contributed by atoms with Gasteiger partial charge < -0.3 is 15.7 Å². The molecule has 0 saturated carbocycles. The summed E-state index contributed by atoms with van der Waals surface area (Å²) >= 11 is 0. The number of benzene rings is 1. The number of alkyl halides is 3. The fourth-order valence-electron chi connectivity index (χ4n) is 1.66. The van der Waals surface area contributed by atoms with Gasteiger partial charge in [-0.1, -0.05) is 30.3 Å². The standard InChI is InChI=1S/C14H17F3N2O3/c15-14(16,17)9-19-13(22)8-12(21)18-7-6-11(20)10-4-2-1-3-5-10/h1-5,11,20H,6-9H2,(H,18,21)(H,19,22). The van der Waals surface area contributed by atoms with Crippen molar-refractivity contribution in [3.05, 3.63) is 35.9 Å². The zero-order chi connectivity index (χ0) is 16.6. The molecule has 2 amide bonds. The van der Waals surface area contributed by atoms with Crippen molar-refractivity contribution >= 4 is 11.8 Å². The van der Waals surface area contributed by atoms with Gasteiger partial charge in [0.1, 0.15) is 13.0 Å². The van der Waals surface area contributed by atoms with Crippen LogP contribution in [0.15, 0.2) is 30.3 Å². The van der Waals surface area contributed by atoms with E-state index in [2.05, 4.69) is 5.32 Å². The van der Waals surface area contributed by atoms with E-state index in [1.54, 1.807) is 35.6 Å². The van der Waals surface area contributed by atoms with Crippen molar-refractivity contribution in [2.45, 2.75) is 25.1 Å². The molecule has 1 rings (SSSR count). The molecule has 3 N–H and O–H groups in total. The van der Waals surface area contributed by atoms with Crippen LogP contribution < -0.4 is 10.6 Å². The number of carbonyl (C=O) groups is 2. The van der Waals surface area contributed by atoms with Gasteiger partial charge in [-0.05, 0) is 12.0 Å². The maximum atomic E-state index is 11.9. The number of halogens is 3. The summed E-state index contributed by atoms with van der Waals surface area (Å²) in [5, 5.41) is 13.8. The second kappa shape index (κ2) is 8.38. The van der Waals surface area contributed by atoms with Gasteiger partial charge in [-0.3, -0.25) is 9.59 Å². The lowest BCUT2D eigenvalue weighted by Crippen LogP contribution is -2.37. The summed E-state index contributed by atoms with van der Waals surface area (Å²) in [5.74, 6) is -1.70. The topological polar surface area (TPSA) is 78.4 Å². The number of aliphatic hydroxyl groups is 1. The lowest BCUT2D eigenvalue weighted by atomic mass is 10.1. The molecule has 0 fully saturated rings. The van der Waals surface area contributed by atoms with Crippen molar-refractivity contribution in [1.29, 1.82) is 0 Å². The van der Waals surface area contributed by atoms with Crippen molar-refractivity contribution in [1.82, 2.24) is 10.6 Å².